The molecule has 0 aliphatic carbocycles. The SMILES string of the molecule is Nc1cnccc1NC(=O)c1ccc(F)cc1F. The summed E-state index contributed by atoms with van der Waals surface area (Å²) in [6, 6.07) is 4.20. The van der Waals surface area contributed by atoms with Gasteiger partial charge in [-0.15, -0.1) is 0 Å². The molecule has 1 aromatic heterocycles. The van der Waals surface area contributed by atoms with Gasteiger partial charge in [-0.3, -0.25) is 9.78 Å². The van der Waals surface area contributed by atoms with Gasteiger partial charge >= 0.3 is 0 Å². The molecule has 92 valence electrons. The van der Waals surface area contributed by atoms with Crippen molar-refractivity contribution < 1.29 is 13.6 Å². The molecular weight excluding hydrogens is 240 g/mol. The number of amides is 1. The Morgan fingerprint density at radius 3 is 2.72 bits per heavy atom. The van der Waals surface area contributed by atoms with Crippen molar-refractivity contribution in [3.05, 3.63) is 53.9 Å². The number of anilines is 2. The fourth-order valence-corrected chi connectivity index (χ4v) is 1.38. The lowest BCUT2D eigenvalue weighted by atomic mass is 10.2. The number of hydrogen-bond donors (Lipinski definition) is 2. The standard InChI is InChI=1S/C12H9F2N3O/c13-7-1-2-8(9(14)5-7)12(18)17-11-3-4-16-6-10(11)15/h1-6H,15H2,(H,16,17,18). The molecule has 1 amide bonds. The zero-order valence-electron chi connectivity index (χ0n) is 9.15. The zero-order chi connectivity index (χ0) is 13.1. The summed E-state index contributed by atoms with van der Waals surface area (Å²) in [5, 5.41) is 2.42. The van der Waals surface area contributed by atoms with Crippen molar-refractivity contribution in [1.82, 2.24) is 4.98 Å². The summed E-state index contributed by atoms with van der Waals surface area (Å²) >= 11 is 0. The summed E-state index contributed by atoms with van der Waals surface area (Å²) in [5.41, 5.74) is 5.90. The van der Waals surface area contributed by atoms with Crippen LogP contribution in [-0.2, 0) is 0 Å². The largest absolute Gasteiger partial charge is 0.396 e. The van der Waals surface area contributed by atoms with Crippen molar-refractivity contribution in [3.63, 3.8) is 0 Å². The molecule has 4 nitrogen and oxygen atoms in total. The van der Waals surface area contributed by atoms with E-state index in [1.54, 1.807) is 0 Å². The first-order valence-electron chi connectivity index (χ1n) is 5.04. The molecule has 1 aromatic carbocycles. The summed E-state index contributed by atoms with van der Waals surface area (Å²) in [7, 11) is 0. The molecule has 0 saturated carbocycles. The van der Waals surface area contributed by atoms with E-state index in [1.165, 1.54) is 18.5 Å². The topological polar surface area (TPSA) is 68.0 Å². The number of nitrogens with two attached hydrogens (primary N) is 1. The lowest BCUT2D eigenvalue weighted by Gasteiger charge is -2.07. The summed E-state index contributed by atoms with van der Waals surface area (Å²) in [5.74, 6) is -2.38. The molecule has 0 aliphatic rings. The molecule has 0 fully saturated rings. The van der Waals surface area contributed by atoms with Crippen LogP contribution >= 0.6 is 0 Å². The number of nitrogen functional groups attached to an aromatic ring is 1. The van der Waals surface area contributed by atoms with Crippen LogP contribution in [0.4, 0.5) is 20.2 Å². The molecule has 0 bridgehead atoms. The van der Waals surface area contributed by atoms with E-state index in [0.29, 0.717) is 11.8 Å². The van der Waals surface area contributed by atoms with Crippen molar-refractivity contribution >= 4 is 17.3 Å². The highest BCUT2D eigenvalue weighted by Gasteiger charge is 2.13. The monoisotopic (exact) mass is 249 g/mol. The van der Waals surface area contributed by atoms with E-state index in [4.69, 9.17) is 5.73 Å². The predicted molar refractivity (Wildman–Crippen MR) is 63.0 cm³/mol. The maximum atomic E-state index is 13.4. The Morgan fingerprint density at radius 2 is 2.06 bits per heavy atom. The molecule has 6 heteroatoms. The fourth-order valence-electron chi connectivity index (χ4n) is 1.38. The number of benzene rings is 1. The average Bonchev–Trinajstić information content (AvgIpc) is 2.32. The molecule has 2 aromatic rings. The molecule has 0 atom stereocenters. The fraction of sp³-hybridized carbons (Fsp3) is 0. The van der Waals surface area contributed by atoms with Gasteiger partial charge < -0.3 is 11.1 Å². The number of rotatable bonds is 2. The van der Waals surface area contributed by atoms with E-state index in [-0.39, 0.29) is 11.3 Å². The summed E-state index contributed by atoms with van der Waals surface area (Å²) < 4.78 is 26.1. The van der Waals surface area contributed by atoms with Crippen molar-refractivity contribution in [2.24, 2.45) is 0 Å². The van der Waals surface area contributed by atoms with Gasteiger partial charge in [-0.05, 0) is 18.2 Å². The smallest absolute Gasteiger partial charge is 0.258 e. The Kier molecular flexibility index (Phi) is 3.18. The second kappa shape index (κ2) is 4.79. The van der Waals surface area contributed by atoms with Gasteiger partial charge in [0.15, 0.2) is 0 Å². The van der Waals surface area contributed by atoms with E-state index < -0.39 is 17.5 Å². The normalized spacial score (nSPS) is 10.1. The average molecular weight is 249 g/mol. The third-order valence-corrected chi connectivity index (χ3v) is 2.28. The maximum Gasteiger partial charge on any atom is 0.258 e. The molecule has 2 rings (SSSR count). The van der Waals surface area contributed by atoms with Crippen LogP contribution in [0.5, 0.6) is 0 Å². The van der Waals surface area contributed by atoms with E-state index in [2.05, 4.69) is 10.3 Å². The first-order chi connectivity index (χ1) is 8.58. The van der Waals surface area contributed by atoms with Gasteiger partial charge in [-0.2, -0.15) is 0 Å². The molecule has 1 heterocycles. The highest BCUT2D eigenvalue weighted by molar-refractivity contribution is 6.05. The number of nitrogens with zero attached hydrogens (tertiary/aromatic N) is 1. The summed E-state index contributed by atoms with van der Waals surface area (Å²) in [4.78, 5) is 15.5. The van der Waals surface area contributed by atoms with Gasteiger partial charge in [0.05, 0.1) is 23.1 Å². The predicted octanol–water partition coefficient (Wildman–Crippen LogP) is 2.19. The van der Waals surface area contributed by atoms with Crippen LogP contribution in [0.2, 0.25) is 0 Å². The van der Waals surface area contributed by atoms with Crippen LogP contribution in [0, 0.1) is 11.6 Å². The number of carbonyl (C=O) groups excluding carboxylic acids is 1. The highest BCUT2D eigenvalue weighted by atomic mass is 19.1. The first-order valence-corrected chi connectivity index (χ1v) is 5.04. The number of aromatic nitrogens is 1. The van der Waals surface area contributed by atoms with Gasteiger partial charge in [0.2, 0.25) is 0 Å². The summed E-state index contributed by atoms with van der Waals surface area (Å²) in [6.45, 7) is 0. The maximum absolute atomic E-state index is 13.4. The van der Waals surface area contributed by atoms with E-state index >= 15 is 0 Å². The Balaban J connectivity index is 2.25. The van der Waals surface area contributed by atoms with Gasteiger partial charge in [-0.25, -0.2) is 8.78 Å². The molecule has 0 radical (unpaired) electrons. The molecular formula is C12H9F2N3O. The lowest BCUT2D eigenvalue weighted by Crippen LogP contribution is -2.15. The van der Waals surface area contributed by atoms with E-state index in [9.17, 15) is 13.6 Å². The third kappa shape index (κ3) is 2.42. The number of pyridine rings is 1. The Morgan fingerprint density at radius 1 is 1.28 bits per heavy atom. The van der Waals surface area contributed by atoms with Gasteiger partial charge in [-0.1, -0.05) is 0 Å². The van der Waals surface area contributed by atoms with Crippen LogP contribution in [0.1, 0.15) is 10.4 Å². The Labute approximate surface area is 101 Å². The van der Waals surface area contributed by atoms with Gasteiger partial charge in [0, 0.05) is 12.3 Å². The highest BCUT2D eigenvalue weighted by Crippen LogP contribution is 2.17. The van der Waals surface area contributed by atoms with E-state index in [0.717, 1.165) is 12.1 Å². The minimum Gasteiger partial charge on any atom is -0.396 e. The van der Waals surface area contributed by atoms with Crippen molar-refractivity contribution in [3.8, 4) is 0 Å². The van der Waals surface area contributed by atoms with Crippen LogP contribution in [0.15, 0.2) is 36.7 Å². The second-order valence-electron chi connectivity index (χ2n) is 3.54. The first kappa shape index (κ1) is 12.0. The number of nitrogens with one attached hydrogen (secondary N) is 1. The Hall–Kier alpha value is -2.50. The molecule has 0 spiro atoms. The Bertz CT molecular complexity index is 602. The van der Waals surface area contributed by atoms with Crippen LogP contribution in [0.25, 0.3) is 0 Å². The van der Waals surface area contributed by atoms with Crippen LogP contribution < -0.4 is 11.1 Å². The zero-order valence-corrected chi connectivity index (χ0v) is 9.15. The minimum atomic E-state index is -0.930. The molecule has 0 aliphatic heterocycles. The molecule has 0 saturated heterocycles. The van der Waals surface area contributed by atoms with Crippen molar-refractivity contribution in [1.29, 1.82) is 0 Å². The molecule has 0 unspecified atom stereocenters. The second-order valence-corrected chi connectivity index (χ2v) is 3.54. The van der Waals surface area contributed by atoms with Crippen LogP contribution in [0.3, 0.4) is 0 Å². The van der Waals surface area contributed by atoms with E-state index in [1.807, 2.05) is 0 Å². The van der Waals surface area contributed by atoms with Crippen molar-refractivity contribution in [2.45, 2.75) is 0 Å². The number of hydrogen-bond acceptors (Lipinski definition) is 3. The van der Waals surface area contributed by atoms with Gasteiger partial charge in [0.25, 0.3) is 5.91 Å². The van der Waals surface area contributed by atoms with Gasteiger partial charge in [0.1, 0.15) is 11.6 Å². The molecule has 18 heavy (non-hydrogen) atoms. The van der Waals surface area contributed by atoms with Crippen molar-refractivity contribution in [2.75, 3.05) is 11.1 Å². The molecule has 3 N–H and O–H groups in total. The quantitative estimate of drug-likeness (QED) is 0.857. The van der Waals surface area contributed by atoms with Crippen LogP contribution in [-0.4, -0.2) is 10.9 Å². The number of carbonyl (C=O) groups is 1. The third-order valence-electron chi connectivity index (χ3n) is 2.28. The minimum absolute atomic E-state index is 0.257. The lowest BCUT2D eigenvalue weighted by molar-refractivity contribution is 0.102. The number of halogens is 2. The summed E-state index contributed by atoms with van der Waals surface area (Å²) in [6.07, 6.45) is 2.80.